The van der Waals surface area contributed by atoms with Crippen LogP contribution in [0.1, 0.15) is 27.2 Å². The van der Waals surface area contributed by atoms with E-state index in [4.69, 9.17) is 11.6 Å². The topological polar surface area (TPSA) is 74.8 Å². The SMILES string of the molecule is Cc1cc(NC(=O)c2c[nH]c3c(C(F)(F)F)cccc3c2=O)c2ccc(Cl)c(C)c2n1. The Morgan fingerprint density at radius 2 is 1.87 bits per heavy atom. The largest absolute Gasteiger partial charge is 0.418 e. The number of halogens is 4. The van der Waals surface area contributed by atoms with Gasteiger partial charge in [0.1, 0.15) is 5.56 Å². The van der Waals surface area contributed by atoms with Crippen LogP contribution in [0.4, 0.5) is 18.9 Å². The number of pyridine rings is 2. The van der Waals surface area contributed by atoms with Crippen molar-refractivity contribution in [1.29, 1.82) is 0 Å². The monoisotopic (exact) mass is 445 g/mol. The Morgan fingerprint density at radius 1 is 1.13 bits per heavy atom. The molecule has 4 aromatic rings. The number of amides is 1. The summed E-state index contributed by atoms with van der Waals surface area (Å²) in [6, 6.07) is 8.27. The molecule has 31 heavy (non-hydrogen) atoms. The summed E-state index contributed by atoms with van der Waals surface area (Å²) in [4.78, 5) is 32.6. The Morgan fingerprint density at radius 3 is 2.58 bits per heavy atom. The molecule has 1 amide bonds. The number of rotatable bonds is 2. The van der Waals surface area contributed by atoms with Crippen LogP contribution in [0.3, 0.4) is 0 Å². The zero-order valence-corrected chi connectivity index (χ0v) is 17.1. The molecule has 2 aromatic carbocycles. The molecule has 0 aliphatic heterocycles. The minimum Gasteiger partial charge on any atom is -0.360 e. The number of aryl methyl sites for hydroxylation is 2. The second-order valence-corrected chi connectivity index (χ2v) is 7.50. The van der Waals surface area contributed by atoms with Gasteiger partial charge in [0, 0.05) is 27.7 Å². The quantitative estimate of drug-likeness (QED) is 0.420. The number of H-pyrrole nitrogens is 1. The number of para-hydroxylation sites is 1. The average Bonchev–Trinajstić information content (AvgIpc) is 2.70. The summed E-state index contributed by atoms with van der Waals surface area (Å²) < 4.78 is 39.7. The highest BCUT2D eigenvalue weighted by atomic mass is 35.5. The third kappa shape index (κ3) is 3.63. The third-order valence-electron chi connectivity index (χ3n) is 5.01. The smallest absolute Gasteiger partial charge is 0.360 e. The minimum atomic E-state index is -4.64. The number of nitrogens with one attached hydrogen (secondary N) is 2. The number of aromatic nitrogens is 2. The van der Waals surface area contributed by atoms with Crippen molar-refractivity contribution in [1.82, 2.24) is 9.97 Å². The van der Waals surface area contributed by atoms with Gasteiger partial charge in [-0.15, -0.1) is 0 Å². The Hall–Kier alpha value is -3.39. The summed E-state index contributed by atoms with van der Waals surface area (Å²) in [6.45, 7) is 3.55. The first-order valence-corrected chi connectivity index (χ1v) is 9.55. The van der Waals surface area contributed by atoms with Gasteiger partial charge in [0.15, 0.2) is 0 Å². The Kier molecular flexibility index (Phi) is 4.97. The molecule has 9 heteroatoms. The van der Waals surface area contributed by atoms with E-state index in [1.54, 1.807) is 32.0 Å². The highest BCUT2D eigenvalue weighted by Crippen LogP contribution is 2.33. The molecule has 0 saturated heterocycles. The molecule has 0 aliphatic rings. The van der Waals surface area contributed by atoms with Crippen molar-refractivity contribution in [2.45, 2.75) is 20.0 Å². The van der Waals surface area contributed by atoms with Gasteiger partial charge in [-0.25, -0.2) is 0 Å². The highest BCUT2D eigenvalue weighted by Gasteiger charge is 2.33. The van der Waals surface area contributed by atoms with Crippen LogP contribution >= 0.6 is 11.6 Å². The van der Waals surface area contributed by atoms with Gasteiger partial charge < -0.3 is 10.3 Å². The van der Waals surface area contributed by atoms with Crippen LogP contribution in [0.5, 0.6) is 0 Å². The first-order chi connectivity index (χ1) is 14.6. The molecule has 5 nitrogen and oxygen atoms in total. The van der Waals surface area contributed by atoms with E-state index in [0.717, 1.165) is 23.9 Å². The van der Waals surface area contributed by atoms with Crippen LogP contribution in [0.2, 0.25) is 5.02 Å². The van der Waals surface area contributed by atoms with Crippen molar-refractivity contribution >= 4 is 45.0 Å². The molecule has 0 aliphatic carbocycles. The average molecular weight is 446 g/mol. The van der Waals surface area contributed by atoms with Crippen molar-refractivity contribution in [3.63, 3.8) is 0 Å². The van der Waals surface area contributed by atoms with E-state index >= 15 is 0 Å². The molecule has 2 N–H and O–H groups in total. The molecule has 0 unspecified atom stereocenters. The number of nitrogens with zero attached hydrogens (tertiary/aromatic N) is 1. The molecule has 0 fully saturated rings. The van der Waals surface area contributed by atoms with Crippen LogP contribution in [-0.2, 0) is 6.18 Å². The standard InChI is InChI=1S/C22H15ClF3N3O2/c1-10-8-17(12-6-7-16(23)11(2)18(12)28-10)29-21(31)14-9-27-19-13(20(14)30)4-3-5-15(19)22(24,25)26/h3-9H,1-2H3,(H,27,30)(H,28,29,31). The van der Waals surface area contributed by atoms with E-state index < -0.39 is 23.1 Å². The van der Waals surface area contributed by atoms with E-state index in [0.29, 0.717) is 27.3 Å². The van der Waals surface area contributed by atoms with E-state index in [9.17, 15) is 22.8 Å². The van der Waals surface area contributed by atoms with Gasteiger partial charge in [-0.2, -0.15) is 13.2 Å². The lowest BCUT2D eigenvalue weighted by Crippen LogP contribution is -2.23. The number of fused-ring (bicyclic) bond motifs is 2. The van der Waals surface area contributed by atoms with E-state index in [-0.39, 0.29) is 16.5 Å². The summed E-state index contributed by atoms with van der Waals surface area (Å²) in [5, 5.41) is 3.60. The number of anilines is 1. The fourth-order valence-corrected chi connectivity index (χ4v) is 3.63. The summed E-state index contributed by atoms with van der Waals surface area (Å²) in [6.07, 6.45) is -3.65. The predicted octanol–water partition coefficient (Wildman–Crippen LogP) is 5.62. The number of aromatic amines is 1. The maximum atomic E-state index is 13.2. The molecule has 2 heterocycles. The number of alkyl halides is 3. The second-order valence-electron chi connectivity index (χ2n) is 7.09. The molecule has 0 bridgehead atoms. The number of hydrogen-bond donors (Lipinski definition) is 2. The van der Waals surface area contributed by atoms with Crippen molar-refractivity contribution in [3.05, 3.63) is 80.2 Å². The van der Waals surface area contributed by atoms with Gasteiger partial charge in [-0.05, 0) is 49.7 Å². The summed E-state index contributed by atoms with van der Waals surface area (Å²) in [5.74, 6) is -0.750. The predicted molar refractivity (Wildman–Crippen MR) is 114 cm³/mol. The Labute approximate surface area is 178 Å². The third-order valence-corrected chi connectivity index (χ3v) is 5.42. The van der Waals surface area contributed by atoms with Crippen LogP contribution in [0.25, 0.3) is 21.8 Å². The number of benzene rings is 2. The van der Waals surface area contributed by atoms with Gasteiger partial charge in [0.2, 0.25) is 5.43 Å². The van der Waals surface area contributed by atoms with Gasteiger partial charge in [-0.3, -0.25) is 14.6 Å². The van der Waals surface area contributed by atoms with Gasteiger partial charge in [0.05, 0.1) is 22.3 Å². The van der Waals surface area contributed by atoms with Crippen LogP contribution in [0, 0.1) is 13.8 Å². The number of carbonyl (C=O) groups excluding carboxylic acids is 1. The minimum absolute atomic E-state index is 0.221. The van der Waals surface area contributed by atoms with E-state index in [1.165, 1.54) is 6.07 Å². The lowest BCUT2D eigenvalue weighted by molar-refractivity contribution is -0.136. The molecule has 0 atom stereocenters. The Bertz CT molecular complexity index is 1430. The first-order valence-electron chi connectivity index (χ1n) is 9.17. The van der Waals surface area contributed by atoms with Gasteiger partial charge >= 0.3 is 6.18 Å². The van der Waals surface area contributed by atoms with Crippen molar-refractivity contribution in [3.8, 4) is 0 Å². The zero-order chi connectivity index (χ0) is 22.5. The lowest BCUT2D eigenvalue weighted by Gasteiger charge is -2.13. The number of carbonyl (C=O) groups is 1. The fourth-order valence-electron chi connectivity index (χ4n) is 3.48. The summed E-state index contributed by atoms with van der Waals surface area (Å²) in [5.41, 5.74) is -0.0752. The zero-order valence-electron chi connectivity index (χ0n) is 16.3. The van der Waals surface area contributed by atoms with Gasteiger partial charge in [-0.1, -0.05) is 17.7 Å². The molecular weight excluding hydrogens is 431 g/mol. The molecule has 0 radical (unpaired) electrons. The second kappa shape index (κ2) is 7.39. The molecular formula is C22H15ClF3N3O2. The van der Waals surface area contributed by atoms with Crippen molar-refractivity contribution in [2.75, 3.05) is 5.32 Å². The molecule has 2 aromatic heterocycles. The molecule has 4 rings (SSSR count). The van der Waals surface area contributed by atoms with E-state index in [1.807, 2.05) is 0 Å². The molecule has 0 saturated carbocycles. The van der Waals surface area contributed by atoms with Crippen LogP contribution in [-0.4, -0.2) is 15.9 Å². The van der Waals surface area contributed by atoms with Gasteiger partial charge in [0.25, 0.3) is 5.91 Å². The summed E-state index contributed by atoms with van der Waals surface area (Å²) in [7, 11) is 0. The maximum Gasteiger partial charge on any atom is 0.418 e. The van der Waals surface area contributed by atoms with Crippen LogP contribution < -0.4 is 10.7 Å². The maximum absolute atomic E-state index is 13.2. The fraction of sp³-hybridized carbons (Fsp3) is 0.136. The molecule has 158 valence electrons. The van der Waals surface area contributed by atoms with Crippen LogP contribution in [0.15, 0.2) is 47.4 Å². The lowest BCUT2D eigenvalue weighted by atomic mass is 10.1. The van der Waals surface area contributed by atoms with Crippen molar-refractivity contribution < 1.29 is 18.0 Å². The first kappa shape index (κ1) is 20.9. The Balaban J connectivity index is 1.81. The normalized spacial score (nSPS) is 11.8. The van der Waals surface area contributed by atoms with E-state index in [2.05, 4.69) is 15.3 Å². The summed E-state index contributed by atoms with van der Waals surface area (Å²) >= 11 is 6.16. The number of hydrogen-bond acceptors (Lipinski definition) is 3. The highest BCUT2D eigenvalue weighted by molar-refractivity contribution is 6.32. The van der Waals surface area contributed by atoms with Crippen molar-refractivity contribution in [2.24, 2.45) is 0 Å². The molecule has 0 spiro atoms.